The Morgan fingerprint density at radius 1 is 0.356 bits per heavy atom. The summed E-state index contributed by atoms with van der Waals surface area (Å²) in [5.41, 5.74) is 0. The van der Waals surface area contributed by atoms with Crippen molar-refractivity contribution in [2.24, 2.45) is 0 Å². The lowest BCUT2D eigenvalue weighted by molar-refractivity contribution is -0.167. The summed E-state index contributed by atoms with van der Waals surface area (Å²) in [6.07, 6.45) is 59.1. The van der Waals surface area contributed by atoms with Crippen molar-refractivity contribution in [1.82, 2.24) is 0 Å². The van der Waals surface area contributed by atoms with Crippen molar-refractivity contribution >= 4 is 17.9 Å². The van der Waals surface area contributed by atoms with Crippen LogP contribution in [0.3, 0.4) is 0 Å². The lowest BCUT2D eigenvalue weighted by atomic mass is 10.1. The molecule has 0 N–H and O–H groups in total. The first-order valence-electron chi connectivity index (χ1n) is 24.4. The van der Waals surface area contributed by atoms with Gasteiger partial charge in [-0.25, -0.2) is 0 Å². The molecular formula is C53H90O6. The van der Waals surface area contributed by atoms with Gasteiger partial charge < -0.3 is 14.2 Å². The highest BCUT2D eigenvalue weighted by molar-refractivity contribution is 5.71. The Morgan fingerprint density at radius 2 is 0.661 bits per heavy atom. The molecule has 0 radical (unpaired) electrons. The second kappa shape index (κ2) is 47.5. The summed E-state index contributed by atoms with van der Waals surface area (Å²) in [6.45, 7) is 6.41. The molecule has 6 nitrogen and oxygen atoms in total. The van der Waals surface area contributed by atoms with Gasteiger partial charge in [-0.2, -0.15) is 0 Å². The zero-order valence-electron chi connectivity index (χ0n) is 38.5. The molecule has 0 aromatic heterocycles. The van der Waals surface area contributed by atoms with Crippen LogP contribution in [0.4, 0.5) is 0 Å². The fraction of sp³-hybridized carbons (Fsp3) is 0.717. The average molecular weight is 823 g/mol. The quantitative estimate of drug-likeness (QED) is 0.0264. The minimum absolute atomic E-state index is 0.0826. The van der Waals surface area contributed by atoms with Crippen molar-refractivity contribution in [3.63, 3.8) is 0 Å². The monoisotopic (exact) mass is 823 g/mol. The number of ether oxygens (including phenoxy) is 3. The normalized spacial score (nSPS) is 12.7. The Kier molecular flexibility index (Phi) is 45.0. The van der Waals surface area contributed by atoms with Crippen molar-refractivity contribution in [2.75, 3.05) is 13.2 Å². The first-order valence-corrected chi connectivity index (χ1v) is 24.4. The topological polar surface area (TPSA) is 78.9 Å². The van der Waals surface area contributed by atoms with Gasteiger partial charge in [0, 0.05) is 19.3 Å². The molecule has 338 valence electrons. The van der Waals surface area contributed by atoms with Crippen LogP contribution < -0.4 is 0 Å². The van der Waals surface area contributed by atoms with E-state index in [0.717, 1.165) is 109 Å². The predicted molar refractivity (Wildman–Crippen MR) is 251 cm³/mol. The number of hydrogen-bond acceptors (Lipinski definition) is 6. The van der Waals surface area contributed by atoms with Crippen molar-refractivity contribution in [3.05, 3.63) is 72.9 Å². The highest BCUT2D eigenvalue weighted by Gasteiger charge is 2.19. The van der Waals surface area contributed by atoms with Crippen LogP contribution in [0.25, 0.3) is 0 Å². The molecule has 0 aliphatic heterocycles. The highest BCUT2D eigenvalue weighted by atomic mass is 16.6. The van der Waals surface area contributed by atoms with Crippen LogP contribution in [0.5, 0.6) is 0 Å². The summed E-state index contributed by atoms with van der Waals surface area (Å²) in [5, 5.41) is 0. The zero-order chi connectivity index (χ0) is 43.0. The Balaban J connectivity index is 4.21. The van der Waals surface area contributed by atoms with E-state index < -0.39 is 6.10 Å². The summed E-state index contributed by atoms with van der Waals surface area (Å²) in [7, 11) is 0. The molecule has 0 aromatic carbocycles. The van der Waals surface area contributed by atoms with Crippen LogP contribution in [0.2, 0.25) is 0 Å². The molecule has 0 fully saturated rings. The van der Waals surface area contributed by atoms with Gasteiger partial charge in [-0.3, -0.25) is 14.4 Å². The molecule has 0 heterocycles. The second-order valence-electron chi connectivity index (χ2n) is 16.0. The molecule has 0 rings (SSSR count). The molecule has 0 bridgehead atoms. The third-order valence-electron chi connectivity index (χ3n) is 10.2. The maximum Gasteiger partial charge on any atom is 0.306 e. The molecule has 0 saturated carbocycles. The summed E-state index contributed by atoms with van der Waals surface area (Å²) in [6, 6.07) is 0. The van der Waals surface area contributed by atoms with E-state index in [1.165, 1.54) is 77.0 Å². The van der Waals surface area contributed by atoms with E-state index >= 15 is 0 Å². The Labute approximate surface area is 363 Å². The number of esters is 3. The van der Waals surface area contributed by atoms with Crippen molar-refractivity contribution in [3.8, 4) is 0 Å². The van der Waals surface area contributed by atoms with Gasteiger partial charge in [0.1, 0.15) is 13.2 Å². The number of carbonyl (C=O) groups is 3. The van der Waals surface area contributed by atoms with Crippen LogP contribution in [0.1, 0.15) is 226 Å². The molecule has 0 saturated heterocycles. The molecule has 1 unspecified atom stereocenters. The molecular weight excluding hydrogens is 733 g/mol. The van der Waals surface area contributed by atoms with Gasteiger partial charge in [-0.1, -0.05) is 190 Å². The molecule has 0 aliphatic rings. The number of allylic oxidation sites excluding steroid dienone is 12. The van der Waals surface area contributed by atoms with Gasteiger partial charge >= 0.3 is 17.9 Å². The number of carbonyl (C=O) groups excluding carboxylic acids is 3. The van der Waals surface area contributed by atoms with Crippen LogP contribution in [-0.2, 0) is 28.6 Å². The summed E-state index contributed by atoms with van der Waals surface area (Å²) < 4.78 is 16.6. The van der Waals surface area contributed by atoms with Gasteiger partial charge in [-0.05, 0) is 89.9 Å². The highest BCUT2D eigenvalue weighted by Crippen LogP contribution is 2.13. The predicted octanol–water partition coefficient (Wildman–Crippen LogP) is 15.9. The fourth-order valence-corrected chi connectivity index (χ4v) is 6.52. The van der Waals surface area contributed by atoms with E-state index in [-0.39, 0.29) is 31.1 Å². The number of rotatable bonds is 43. The van der Waals surface area contributed by atoms with Crippen LogP contribution in [-0.4, -0.2) is 37.2 Å². The maximum atomic E-state index is 12.7. The molecule has 0 aliphatic carbocycles. The van der Waals surface area contributed by atoms with Gasteiger partial charge in [0.25, 0.3) is 0 Å². The average Bonchev–Trinajstić information content (AvgIpc) is 3.23. The number of hydrogen-bond donors (Lipinski definition) is 0. The van der Waals surface area contributed by atoms with Gasteiger partial charge in [0.2, 0.25) is 0 Å². The molecule has 0 amide bonds. The SMILES string of the molecule is CC/C=C\C/C=C\C/C=C\C/C=C\C/C=C\CCCCCCCCCC(=O)OCC(COC(=O)CCCCCCCC)OC(=O)CCCCCCC/C=C\CCCCC. The molecule has 0 aromatic rings. The van der Waals surface area contributed by atoms with Gasteiger partial charge in [0.15, 0.2) is 6.10 Å². The summed E-state index contributed by atoms with van der Waals surface area (Å²) in [4.78, 5) is 37.6. The summed E-state index contributed by atoms with van der Waals surface area (Å²) in [5.74, 6) is -0.916. The van der Waals surface area contributed by atoms with Crippen LogP contribution in [0.15, 0.2) is 72.9 Å². The standard InChI is InChI=1S/C53H90O6/c1-4-7-10-13-16-18-20-22-23-24-25-26-27-28-29-30-31-32-34-35-37-40-43-46-52(55)58-49-50(48-57-51(54)45-42-39-15-12-9-6-3)59-53(56)47-44-41-38-36-33-21-19-17-14-11-8-5-2/h7,10,16-19,22-23,25-26,28-29,50H,4-6,8-9,11-15,20-21,24,27,30-49H2,1-3H3/b10-7-,18-16-,19-17-,23-22-,26-25-,29-28-. The van der Waals surface area contributed by atoms with E-state index in [1.807, 2.05) is 0 Å². The smallest absolute Gasteiger partial charge is 0.306 e. The Hall–Kier alpha value is -3.15. The third kappa shape index (κ3) is 45.8. The van der Waals surface area contributed by atoms with E-state index in [0.29, 0.717) is 19.3 Å². The van der Waals surface area contributed by atoms with Crippen LogP contribution >= 0.6 is 0 Å². The molecule has 59 heavy (non-hydrogen) atoms. The Morgan fingerprint density at radius 3 is 1.08 bits per heavy atom. The van der Waals surface area contributed by atoms with Gasteiger partial charge in [-0.15, -0.1) is 0 Å². The van der Waals surface area contributed by atoms with Crippen molar-refractivity contribution in [1.29, 1.82) is 0 Å². The minimum atomic E-state index is -0.779. The fourth-order valence-electron chi connectivity index (χ4n) is 6.52. The van der Waals surface area contributed by atoms with E-state index in [4.69, 9.17) is 14.2 Å². The Bertz CT molecular complexity index is 1130. The lowest BCUT2D eigenvalue weighted by Gasteiger charge is -2.18. The van der Waals surface area contributed by atoms with Gasteiger partial charge in [0.05, 0.1) is 0 Å². The molecule has 6 heteroatoms. The van der Waals surface area contributed by atoms with Crippen molar-refractivity contribution < 1.29 is 28.6 Å². The summed E-state index contributed by atoms with van der Waals surface area (Å²) >= 11 is 0. The van der Waals surface area contributed by atoms with E-state index in [1.54, 1.807) is 0 Å². The zero-order valence-corrected chi connectivity index (χ0v) is 38.5. The number of unbranched alkanes of at least 4 members (excludes halogenated alkanes) is 20. The van der Waals surface area contributed by atoms with E-state index in [9.17, 15) is 14.4 Å². The maximum absolute atomic E-state index is 12.7. The minimum Gasteiger partial charge on any atom is -0.462 e. The van der Waals surface area contributed by atoms with Crippen LogP contribution in [0, 0.1) is 0 Å². The van der Waals surface area contributed by atoms with Crippen molar-refractivity contribution in [2.45, 2.75) is 232 Å². The molecule has 1 atom stereocenters. The third-order valence-corrected chi connectivity index (χ3v) is 10.2. The largest absolute Gasteiger partial charge is 0.462 e. The van der Waals surface area contributed by atoms with E-state index in [2.05, 4.69) is 93.7 Å². The molecule has 0 spiro atoms. The first-order chi connectivity index (χ1) is 29.0. The first kappa shape index (κ1) is 55.9. The second-order valence-corrected chi connectivity index (χ2v) is 16.0. The lowest BCUT2D eigenvalue weighted by Crippen LogP contribution is -2.30.